The van der Waals surface area contributed by atoms with Crippen molar-refractivity contribution in [3.8, 4) is 0 Å². The second kappa shape index (κ2) is 7.35. The average molecular weight is 312 g/mol. The predicted octanol–water partition coefficient (Wildman–Crippen LogP) is 2.77. The number of carboxylic acid groups (broad SMARTS) is 1. The standard InChI is InChI=1S/C10H20O2.Ba.2H/c1-5-10(4,9(11)12)7-6-8(2)3;;;/h8H,5-7H2,1-4H3,(H,11,12);;;/q;+2;2*-1. The second-order valence-corrected chi connectivity index (χ2v) is 4.15. The molecule has 0 saturated heterocycles. The van der Waals surface area contributed by atoms with E-state index in [0.717, 1.165) is 19.3 Å². The molecule has 0 heterocycles. The molecule has 0 saturated carbocycles. The van der Waals surface area contributed by atoms with Gasteiger partial charge < -0.3 is 7.96 Å². The minimum absolute atomic E-state index is 0. The molecule has 13 heavy (non-hydrogen) atoms. The van der Waals surface area contributed by atoms with Crippen LogP contribution in [-0.2, 0) is 4.79 Å². The predicted molar refractivity (Wildman–Crippen MR) is 58.1 cm³/mol. The van der Waals surface area contributed by atoms with Gasteiger partial charge in [0.2, 0.25) is 0 Å². The molecule has 0 aromatic carbocycles. The quantitative estimate of drug-likeness (QED) is 0.793. The molecule has 0 aliphatic heterocycles. The van der Waals surface area contributed by atoms with Crippen molar-refractivity contribution in [2.24, 2.45) is 11.3 Å². The molecular formula is C10H22BaO2. The first-order chi connectivity index (χ1) is 5.42. The van der Waals surface area contributed by atoms with Crippen LogP contribution < -0.4 is 0 Å². The summed E-state index contributed by atoms with van der Waals surface area (Å²) in [4.78, 5) is 10.9. The van der Waals surface area contributed by atoms with Crippen molar-refractivity contribution < 1.29 is 12.8 Å². The average Bonchev–Trinajstić information content (AvgIpc) is 1.99. The Morgan fingerprint density at radius 1 is 1.54 bits per heavy atom. The van der Waals surface area contributed by atoms with Crippen LogP contribution in [0.25, 0.3) is 0 Å². The van der Waals surface area contributed by atoms with Gasteiger partial charge >= 0.3 is 54.9 Å². The Labute approximate surface area is 125 Å². The molecule has 0 amide bonds. The van der Waals surface area contributed by atoms with E-state index in [1.807, 2.05) is 13.8 Å². The molecule has 0 radical (unpaired) electrons. The van der Waals surface area contributed by atoms with Gasteiger partial charge in [0.05, 0.1) is 5.41 Å². The normalized spacial score (nSPS) is 14.8. The number of hydrogen-bond acceptors (Lipinski definition) is 1. The van der Waals surface area contributed by atoms with Gasteiger partial charge in [0.15, 0.2) is 0 Å². The molecule has 0 aliphatic carbocycles. The van der Waals surface area contributed by atoms with Crippen molar-refractivity contribution in [2.45, 2.75) is 47.0 Å². The van der Waals surface area contributed by atoms with Crippen molar-refractivity contribution in [3.63, 3.8) is 0 Å². The first-order valence-electron chi connectivity index (χ1n) is 4.65. The first kappa shape index (κ1) is 16.5. The fourth-order valence-corrected chi connectivity index (χ4v) is 1.04. The van der Waals surface area contributed by atoms with E-state index in [-0.39, 0.29) is 51.7 Å². The van der Waals surface area contributed by atoms with Gasteiger partial charge in [-0.25, -0.2) is 0 Å². The number of carbonyl (C=O) groups is 1. The summed E-state index contributed by atoms with van der Waals surface area (Å²) in [5.41, 5.74) is -0.510. The summed E-state index contributed by atoms with van der Waals surface area (Å²) in [6.45, 7) is 8.02. The van der Waals surface area contributed by atoms with Gasteiger partial charge in [0.25, 0.3) is 0 Å². The molecule has 0 spiro atoms. The monoisotopic (exact) mass is 312 g/mol. The van der Waals surface area contributed by atoms with E-state index in [4.69, 9.17) is 5.11 Å². The van der Waals surface area contributed by atoms with Crippen LogP contribution in [0.1, 0.15) is 49.8 Å². The third kappa shape index (κ3) is 6.18. The zero-order chi connectivity index (χ0) is 9.78. The molecule has 2 nitrogen and oxygen atoms in total. The third-order valence-electron chi connectivity index (χ3n) is 2.57. The summed E-state index contributed by atoms with van der Waals surface area (Å²) in [7, 11) is 0. The molecular weight excluding hydrogens is 289 g/mol. The molecule has 0 aliphatic rings. The van der Waals surface area contributed by atoms with Gasteiger partial charge in [-0.3, -0.25) is 4.79 Å². The van der Waals surface area contributed by atoms with Crippen molar-refractivity contribution in [3.05, 3.63) is 0 Å². The third-order valence-corrected chi connectivity index (χ3v) is 2.57. The van der Waals surface area contributed by atoms with Crippen LogP contribution in [0.4, 0.5) is 0 Å². The Bertz CT molecular complexity index is 166. The smallest absolute Gasteiger partial charge is 1.00 e. The molecule has 0 rings (SSSR count). The first-order valence-corrected chi connectivity index (χ1v) is 4.65. The number of hydrogen-bond donors (Lipinski definition) is 1. The van der Waals surface area contributed by atoms with Gasteiger partial charge in [0.1, 0.15) is 0 Å². The van der Waals surface area contributed by atoms with Gasteiger partial charge in [-0.2, -0.15) is 0 Å². The molecule has 1 unspecified atom stereocenters. The SMILES string of the molecule is CCC(C)(CCC(C)C)C(=O)O.[Ba+2].[H-].[H-]. The van der Waals surface area contributed by atoms with Crippen LogP contribution in [0, 0.1) is 11.3 Å². The summed E-state index contributed by atoms with van der Waals surface area (Å²) < 4.78 is 0. The van der Waals surface area contributed by atoms with Crippen LogP contribution in [0.15, 0.2) is 0 Å². The van der Waals surface area contributed by atoms with E-state index < -0.39 is 11.4 Å². The van der Waals surface area contributed by atoms with E-state index >= 15 is 0 Å². The van der Waals surface area contributed by atoms with Crippen molar-refractivity contribution in [1.82, 2.24) is 0 Å². The maximum absolute atomic E-state index is 10.9. The van der Waals surface area contributed by atoms with Crippen LogP contribution in [0.5, 0.6) is 0 Å². The van der Waals surface area contributed by atoms with Crippen molar-refractivity contribution in [2.75, 3.05) is 0 Å². The van der Waals surface area contributed by atoms with Gasteiger partial charge in [0, 0.05) is 0 Å². The van der Waals surface area contributed by atoms with E-state index in [0.29, 0.717) is 5.92 Å². The largest absolute Gasteiger partial charge is 2.00 e. The topological polar surface area (TPSA) is 37.3 Å². The summed E-state index contributed by atoms with van der Waals surface area (Å²) >= 11 is 0. The molecule has 0 aromatic heterocycles. The fourth-order valence-electron chi connectivity index (χ4n) is 1.04. The number of rotatable bonds is 5. The minimum Gasteiger partial charge on any atom is -1.00 e. The van der Waals surface area contributed by atoms with Gasteiger partial charge in [-0.1, -0.05) is 20.8 Å². The molecule has 3 heteroatoms. The zero-order valence-electron chi connectivity index (χ0n) is 11.3. The molecule has 1 N–H and O–H groups in total. The summed E-state index contributed by atoms with van der Waals surface area (Å²) in [5, 5.41) is 8.95. The van der Waals surface area contributed by atoms with Gasteiger partial charge in [-0.05, 0) is 32.1 Å². The molecule has 0 bridgehead atoms. The van der Waals surface area contributed by atoms with Crippen LogP contribution in [0.2, 0.25) is 0 Å². The van der Waals surface area contributed by atoms with Crippen LogP contribution >= 0.6 is 0 Å². The number of aliphatic carboxylic acids is 1. The Hall–Kier alpha value is 1.04. The van der Waals surface area contributed by atoms with Crippen molar-refractivity contribution in [1.29, 1.82) is 0 Å². The summed E-state index contributed by atoms with van der Waals surface area (Å²) in [5.74, 6) is -0.0686. The number of carboxylic acids is 1. The molecule has 76 valence electrons. The molecule has 0 aromatic rings. The second-order valence-electron chi connectivity index (χ2n) is 4.15. The maximum atomic E-state index is 10.9. The van der Waals surface area contributed by atoms with E-state index in [9.17, 15) is 4.79 Å². The fraction of sp³-hybridized carbons (Fsp3) is 0.900. The molecule has 0 fully saturated rings. The minimum atomic E-state index is -0.661. The van der Waals surface area contributed by atoms with Crippen LogP contribution in [0.3, 0.4) is 0 Å². The van der Waals surface area contributed by atoms with Crippen molar-refractivity contribution >= 4 is 54.9 Å². The van der Waals surface area contributed by atoms with E-state index in [2.05, 4.69) is 13.8 Å². The Morgan fingerprint density at radius 2 is 2.00 bits per heavy atom. The Morgan fingerprint density at radius 3 is 2.23 bits per heavy atom. The van der Waals surface area contributed by atoms with Gasteiger partial charge in [-0.15, -0.1) is 0 Å². The summed E-state index contributed by atoms with van der Waals surface area (Å²) in [6, 6.07) is 0. The Kier molecular flexibility index (Phi) is 9.31. The summed E-state index contributed by atoms with van der Waals surface area (Å²) in [6.07, 6.45) is 2.50. The van der Waals surface area contributed by atoms with Crippen LogP contribution in [-0.4, -0.2) is 60.0 Å². The zero-order valence-corrected chi connectivity index (χ0v) is 13.7. The maximum Gasteiger partial charge on any atom is 2.00 e. The van der Waals surface area contributed by atoms with E-state index in [1.165, 1.54) is 0 Å². The van der Waals surface area contributed by atoms with E-state index in [1.54, 1.807) is 0 Å². The Balaban J connectivity index is -0.000000202. The molecule has 1 atom stereocenters.